The molecule has 1 aromatic heterocycles. The smallest absolute Gasteiger partial charge is 0.109 e. The molecule has 1 aliphatic carbocycles. The molecule has 0 amide bonds. The van der Waals surface area contributed by atoms with E-state index >= 15 is 0 Å². The van der Waals surface area contributed by atoms with Crippen molar-refractivity contribution in [2.45, 2.75) is 65.0 Å². The third-order valence-corrected chi connectivity index (χ3v) is 5.04. The van der Waals surface area contributed by atoms with Gasteiger partial charge in [-0.3, -0.25) is 0 Å². The third-order valence-electron chi connectivity index (χ3n) is 3.71. The van der Waals surface area contributed by atoms with Gasteiger partial charge < -0.3 is 5.32 Å². The molecular formula is C14H24N2S. The first-order chi connectivity index (χ1) is 8.19. The monoisotopic (exact) mass is 252 g/mol. The molecule has 17 heavy (non-hydrogen) atoms. The molecule has 3 atom stereocenters. The van der Waals surface area contributed by atoms with Crippen LogP contribution in [0.15, 0.2) is 6.20 Å². The van der Waals surface area contributed by atoms with Crippen LogP contribution in [0, 0.1) is 5.92 Å². The Morgan fingerprint density at radius 1 is 1.53 bits per heavy atom. The minimum atomic E-state index is 0.413. The van der Waals surface area contributed by atoms with Gasteiger partial charge in [0, 0.05) is 17.1 Å². The quantitative estimate of drug-likeness (QED) is 0.878. The third kappa shape index (κ3) is 3.52. The van der Waals surface area contributed by atoms with Gasteiger partial charge in [0.05, 0.1) is 6.04 Å². The fourth-order valence-electron chi connectivity index (χ4n) is 2.70. The highest BCUT2D eigenvalue weighted by Crippen LogP contribution is 2.27. The molecule has 0 bridgehead atoms. The number of rotatable bonds is 4. The van der Waals surface area contributed by atoms with E-state index in [-0.39, 0.29) is 0 Å². The van der Waals surface area contributed by atoms with Crippen molar-refractivity contribution in [3.05, 3.63) is 16.1 Å². The molecule has 2 rings (SSSR count). The zero-order valence-electron chi connectivity index (χ0n) is 11.2. The maximum atomic E-state index is 4.53. The van der Waals surface area contributed by atoms with Crippen LogP contribution in [0.4, 0.5) is 0 Å². The maximum absolute atomic E-state index is 4.53. The first-order valence-corrected chi connectivity index (χ1v) is 7.71. The summed E-state index contributed by atoms with van der Waals surface area (Å²) >= 11 is 1.86. The molecule has 3 unspecified atom stereocenters. The molecule has 1 saturated carbocycles. The van der Waals surface area contributed by atoms with Gasteiger partial charge in [0.25, 0.3) is 0 Å². The molecule has 1 N–H and O–H groups in total. The highest BCUT2D eigenvalue weighted by molar-refractivity contribution is 7.11. The Morgan fingerprint density at radius 2 is 2.35 bits per heavy atom. The van der Waals surface area contributed by atoms with E-state index in [0.717, 1.165) is 12.3 Å². The Morgan fingerprint density at radius 3 is 3.00 bits per heavy atom. The van der Waals surface area contributed by atoms with Crippen LogP contribution in [0.25, 0.3) is 0 Å². The van der Waals surface area contributed by atoms with E-state index in [1.165, 1.54) is 35.6 Å². The zero-order valence-corrected chi connectivity index (χ0v) is 12.0. The van der Waals surface area contributed by atoms with E-state index in [4.69, 9.17) is 0 Å². The summed E-state index contributed by atoms with van der Waals surface area (Å²) in [6.45, 7) is 6.81. The second-order valence-corrected chi connectivity index (χ2v) is 6.52. The van der Waals surface area contributed by atoms with E-state index in [1.54, 1.807) is 0 Å². The highest BCUT2D eigenvalue weighted by atomic mass is 32.1. The van der Waals surface area contributed by atoms with Crippen LogP contribution >= 0.6 is 11.3 Å². The molecule has 0 aliphatic heterocycles. The van der Waals surface area contributed by atoms with Crippen molar-refractivity contribution in [2.75, 3.05) is 0 Å². The molecule has 1 aliphatic rings. The van der Waals surface area contributed by atoms with Crippen molar-refractivity contribution >= 4 is 11.3 Å². The number of hydrogen-bond donors (Lipinski definition) is 1. The first-order valence-electron chi connectivity index (χ1n) is 6.89. The minimum Gasteiger partial charge on any atom is -0.305 e. The van der Waals surface area contributed by atoms with Gasteiger partial charge in [-0.2, -0.15) is 0 Å². The largest absolute Gasteiger partial charge is 0.305 e. The predicted octanol–water partition coefficient (Wildman–Crippen LogP) is 3.93. The van der Waals surface area contributed by atoms with Gasteiger partial charge in [-0.15, -0.1) is 11.3 Å². The number of nitrogens with zero attached hydrogens (tertiary/aromatic N) is 1. The second kappa shape index (κ2) is 5.96. The SMILES string of the molecule is CCc1cnc(C(C)NC2CCCC(C)C2)s1. The molecule has 0 spiro atoms. The molecule has 0 saturated heterocycles. The van der Waals surface area contributed by atoms with Crippen molar-refractivity contribution < 1.29 is 0 Å². The van der Waals surface area contributed by atoms with Gasteiger partial charge in [0.1, 0.15) is 5.01 Å². The normalized spacial score (nSPS) is 27.0. The summed E-state index contributed by atoms with van der Waals surface area (Å²) < 4.78 is 0. The molecule has 2 nitrogen and oxygen atoms in total. The lowest BCUT2D eigenvalue weighted by Crippen LogP contribution is -2.35. The van der Waals surface area contributed by atoms with E-state index in [9.17, 15) is 0 Å². The Bertz CT molecular complexity index is 348. The summed E-state index contributed by atoms with van der Waals surface area (Å²) in [5.41, 5.74) is 0. The average Bonchev–Trinajstić information content (AvgIpc) is 2.77. The van der Waals surface area contributed by atoms with Gasteiger partial charge >= 0.3 is 0 Å². The molecule has 0 radical (unpaired) electrons. The van der Waals surface area contributed by atoms with E-state index in [1.807, 2.05) is 17.5 Å². The summed E-state index contributed by atoms with van der Waals surface area (Å²) in [7, 11) is 0. The first kappa shape index (κ1) is 13.0. The van der Waals surface area contributed by atoms with Crippen LogP contribution in [0.5, 0.6) is 0 Å². The Labute approximate surface area is 109 Å². The maximum Gasteiger partial charge on any atom is 0.109 e. The molecule has 1 aromatic rings. The average molecular weight is 252 g/mol. The number of thiazole rings is 1. The lowest BCUT2D eigenvalue weighted by atomic mass is 9.87. The zero-order chi connectivity index (χ0) is 12.3. The molecular weight excluding hydrogens is 228 g/mol. The van der Waals surface area contributed by atoms with Gasteiger partial charge in [0.15, 0.2) is 0 Å². The fourth-order valence-corrected chi connectivity index (χ4v) is 3.57. The van der Waals surface area contributed by atoms with Crippen molar-refractivity contribution in [3.8, 4) is 0 Å². The summed E-state index contributed by atoms with van der Waals surface area (Å²) in [5.74, 6) is 0.885. The second-order valence-electron chi connectivity index (χ2n) is 5.38. The number of aromatic nitrogens is 1. The van der Waals surface area contributed by atoms with Crippen LogP contribution in [0.3, 0.4) is 0 Å². The van der Waals surface area contributed by atoms with Crippen LogP contribution in [0.2, 0.25) is 0 Å². The number of nitrogens with one attached hydrogen (secondary N) is 1. The molecule has 0 aromatic carbocycles. The Kier molecular flexibility index (Phi) is 4.57. The minimum absolute atomic E-state index is 0.413. The Balaban J connectivity index is 1.89. The van der Waals surface area contributed by atoms with Crippen LogP contribution in [-0.4, -0.2) is 11.0 Å². The number of aryl methyl sites for hydroxylation is 1. The van der Waals surface area contributed by atoms with Gasteiger partial charge in [0.2, 0.25) is 0 Å². The van der Waals surface area contributed by atoms with Crippen LogP contribution in [0.1, 0.15) is 62.4 Å². The molecule has 1 heterocycles. The van der Waals surface area contributed by atoms with Gasteiger partial charge in [-0.25, -0.2) is 4.98 Å². The van der Waals surface area contributed by atoms with Crippen LogP contribution in [-0.2, 0) is 6.42 Å². The highest BCUT2D eigenvalue weighted by Gasteiger charge is 2.21. The topological polar surface area (TPSA) is 24.9 Å². The summed E-state index contributed by atoms with van der Waals surface area (Å²) in [6.07, 6.45) is 8.58. The van der Waals surface area contributed by atoms with E-state index in [0.29, 0.717) is 12.1 Å². The summed E-state index contributed by atoms with van der Waals surface area (Å²) in [5, 5.41) is 5.00. The lowest BCUT2D eigenvalue weighted by molar-refractivity contribution is 0.285. The van der Waals surface area contributed by atoms with Crippen molar-refractivity contribution in [1.29, 1.82) is 0 Å². The predicted molar refractivity (Wildman–Crippen MR) is 74.5 cm³/mol. The van der Waals surface area contributed by atoms with E-state index in [2.05, 4.69) is 31.1 Å². The molecule has 1 fully saturated rings. The standard InChI is InChI=1S/C14H24N2S/c1-4-13-9-15-14(17-13)11(3)16-12-7-5-6-10(2)8-12/h9-12,16H,4-8H2,1-3H3. The number of hydrogen-bond acceptors (Lipinski definition) is 3. The molecule has 3 heteroatoms. The molecule has 96 valence electrons. The van der Waals surface area contributed by atoms with Crippen molar-refractivity contribution in [2.24, 2.45) is 5.92 Å². The lowest BCUT2D eigenvalue weighted by Gasteiger charge is -2.29. The summed E-state index contributed by atoms with van der Waals surface area (Å²) in [4.78, 5) is 5.92. The van der Waals surface area contributed by atoms with E-state index < -0.39 is 0 Å². The van der Waals surface area contributed by atoms with Gasteiger partial charge in [-0.1, -0.05) is 26.7 Å². The van der Waals surface area contributed by atoms with Crippen molar-refractivity contribution in [1.82, 2.24) is 10.3 Å². The summed E-state index contributed by atoms with van der Waals surface area (Å²) in [6, 6.07) is 1.11. The Hall–Kier alpha value is -0.410. The van der Waals surface area contributed by atoms with Crippen LogP contribution < -0.4 is 5.32 Å². The van der Waals surface area contributed by atoms with Crippen molar-refractivity contribution in [3.63, 3.8) is 0 Å². The fraction of sp³-hybridized carbons (Fsp3) is 0.786. The van der Waals surface area contributed by atoms with Gasteiger partial charge in [-0.05, 0) is 32.1 Å².